The molecule has 0 bridgehead atoms. The van der Waals surface area contributed by atoms with E-state index < -0.39 is 124 Å². The molecule has 0 aromatic heterocycles. The fraction of sp³-hybridized carbons (Fsp3) is 0.981. The van der Waals surface area contributed by atoms with Gasteiger partial charge in [0.15, 0.2) is 18.9 Å². The van der Waals surface area contributed by atoms with Crippen molar-refractivity contribution in [1.29, 1.82) is 0 Å². The van der Waals surface area contributed by atoms with Crippen LogP contribution in [0.15, 0.2) is 0 Å². The molecule has 0 aromatic rings. The Morgan fingerprint density at radius 1 is 0.444 bits per heavy atom. The van der Waals surface area contributed by atoms with E-state index in [9.17, 15) is 61.0 Å². The van der Waals surface area contributed by atoms with Gasteiger partial charge in [-0.05, 0) is 12.8 Å². The first-order chi connectivity index (χ1) is 34.8. The molecule has 19 nitrogen and oxygen atoms in total. The SMILES string of the molecule is CCCCCCCCCCCCCCCCCCCCCCCCCCCC(O)C(COC1OC(CO)C(OC2OC(CO)C(OC3OC(CO)C(O)C(O)C3O)C(O)C2O)C(O)C1O)NC(=O)CCCC. The molecule has 72 heavy (non-hydrogen) atoms. The Balaban J connectivity index is 1.34. The maximum Gasteiger partial charge on any atom is 0.220 e. The van der Waals surface area contributed by atoms with E-state index in [0.717, 1.165) is 32.1 Å². The molecule has 3 heterocycles. The van der Waals surface area contributed by atoms with Crippen molar-refractivity contribution >= 4 is 5.91 Å². The van der Waals surface area contributed by atoms with Crippen molar-refractivity contribution in [3.8, 4) is 0 Å². The Morgan fingerprint density at radius 3 is 1.19 bits per heavy atom. The largest absolute Gasteiger partial charge is 0.394 e. The lowest BCUT2D eigenvalue weighted by molar-refractivity contribution is -0.379. The summed E-state index contributed by atoms with van der Waals surface area (Å²) in [5.74, 6) is -0.276. The standard InChI is InChI=1S/C53H101NO18/c1-3-5-7-8-9-10-11-12-13-14-15-16-17-18-19-20-21-22-23-24-25-26-27-28-29-30-37(58)36(54-41(59)31-6-4-2)35-67-51-47(65)44(62)49(39(33-56)69-51)72-53-48(66)45(63)50(40(34-57)70-53)71-52-46(64)43(61)42(60)38(32-55)68-52/h36-40,42-53,55-58,60-66H,3-35H2,1-2H3,(H,54,59). The number of carbonyl (C=O) groups is 1. The number of rotatable bonds is 41. The number of hydrogen-bond acceptors (Lipinski definition) is 18. The molecule has 0 radical (unpaired) electrons. The van der Waals surface area contributed by atoms with Crippen molar-refractivity contribution in [2.24, 2.45) is 0 Å². The smallest absolute Gasteiger partial charge is 0.220 e. The molecule has 3 aliphatic rings. The molecule has 17 unspecified atom stereocenters. The second-order valence-electron chi connectivity index (χ2n) is 20.8. The number of carbonyl (C=O) groups excluding carboxylic acids is 1. The van der Waals surface area contributed by atoms with Crippen LogP contribution in [0, 0.1) is 0 Å². The highest BCUT2D eigenvalue weighted by molar-refractivity contribution is 5.76. The number of amides is 1. The molecule has 0 aromatic carbocycles. The molecule has 3 saturated heterocycles. The number of hydrogen-bond donors (Lipinski definition) is 12. The summed E-state index contributed by atoms with van der Waals surface area (Å²) in [5.41, 5.74) is 0. The minimum atomic E-state index is -1.97. The maximum atomic E-state index is 12.8. The quantitative estimate of drug-likeness (QED) is 0.0389. The van der Waals surface area contributed by atoms with E-state index in [1.807, 2.05) is 6.92 Å². The second-order valence-corrected chi connectivity index (χ2v) is 20.8. The van der Waals surface area contributed by atoms with Gasteiger partial charge in [-0.2, -0.15) is 0 Å². The van der Waals surface area contributed by atoms with Gasteiger partial charge in [-0.3, -0.25) is 4.79 Å². The van der Waals surface area contributed by atoms with Crippen molar-refractivity contribution in [3.05, 3.63) is 0 Å². The monoisotopic (exact) mass is 1040 g/mol. The van der Waals surface area contributed by atoms with Gasteiger partial charge < -0.3 is 89.9 Å². The van der Waals surface area contributed by atoms with Crippen LogP contribution in [-0.2, 0) is 33.2 Å². The summed E-state index contributed by atoms with van der Waals surface area (Å²) in [6.45, 7) is 1.53. The normalized spacial score (nSPS) is 31.9. The Hall–Kier alpha value is -1.21. The number of nitrogens with one attached hydrogen (secondary N) is 1. The highest BCUT2D eigenvalue weighted by Gasteiger charge is 2.53. The summed E-state index contributed by atoms with van der Waals surface area (Å²) >= 11 is 0. The van der Waals surface area contributed by atoms with Gasteiger partial charge in [0.05, 0.1) is 38.6 Å². The first kappa shape index (κ1) is 65.1. The lowest BCUT2D eigenvalue weighted by Gasteiger charge is -2.48. The predicted molar refractivity (Wildman–Crippen MR) is 268 cm³/mol. The maximum absolute atomic E-state index is 12.8. The highest BCUT2D eigenvalue weighted by atomic mass is 16.8. The zero-order valence-corrected chi connectivity index (χ0v) is 43.9. The Morgan fingerprint density at radius 2 is 0.792 bits per heavy atom. The van der Waals surface area contributed by atoms with Crippen LogP contribution in [0.2, 0.25) is 0 Å². The third kappa shape index (κ3) is 23.2. The van der Waals surface area contributed by atoms with Crippen LogP contribution in [0.4, 0.5) is 0 Å². The lowest BCUT2D eigenvalue weighted by atomic mass is 9.96. The van der Waals surface area contributed by atoms with Crippen LogP contribution in [0.25, 0.3) is 0 Å². The fourth-order valence-corrected chi connectivity index (χ4v) is 9.94. The van der Waals surface area contributed by atoms with Crippen LogP contribution in [0.3, 0.4) is 0 Å². The molecular formula is C53H101NO18. The van der Waals surface area contributed by atoms with E-state index in [1.165, 1.54) is 135 Å². The van der Waals surface area contributed by atoms with Gasteiger partial charge in [0.25, 0.3) is 0 Å². The highest BCUT2D eigenvalue weighted by Crippen LogP contribution is 2.33. The molecule has 0 saturated carbocycles. The van der Waals surface area contributed by atoms with Crippen LogP contribution in [0.1, 0.15) is 200 Å². The summed E-state index contributed by atoms with van der Waals surface area (Å²) in [6.07, 6.45) is 8.00. The zero-order valence-electron chi connectivity index (χ0n) is 43.9. The molecule has 1 amide bonds. The third-order valence-corrected chi connectivity index (χ3v) is 14.7. The van der Waals surface area contributed by atoms with E-state index in [0.29, 0.717) is 12.8 Å². The van der Waals surface area contributed by atoms with Crippen LogP contribution < -0.4 is 5.32 Å². The van der Waals surface area contributed by atoms with Crippen LogP contribution in [-0.4, -0.2) is 193 Å². The fourth-order valence-electron chi connectivity index (χ4n) is 9.94. The first-order valence-corrected chi connectivity index (χ1v) is 28.3. The summed E-state index contributed by atoms with van der Waals surface area (Å²) in [4.78, 5) is 12.8. The average Bonchev–Trinajstić information content (AvgIpc) is 3.38. The Bertz CT molecular complexity index is 1340. The van der Waals surface area contributed by atoms with Crippen LogP contribution in [0.5, 0.6) is 0 Å². The molecule has 426 valence electrons. The third-order valence-electron chi connectivity index (χ3n) is 14.7. The molecule has 3 rings (SSSR count). The summed E-state index contributed by atoms with van der Waals surface area (Å²) in [5, 5.41) is 119. The van der Waals surface area contributed by atoms with Crippen molar-refractivity contribution < 1.29 is 89.4 Å². The lowest BCUT2D eigenvalue weighted by Crippen LogP contribution is -2.66. The van der Waals surface area contributed by atoms with Crippen molar-refractivity contribution in [3.63, 3.8) is 0 Å². The molecule has 17 atom stereocenters. The number of aliphatic hydroxyl groups is 11. The topological polar surface area (TPSA) is 307 Å². The minimum Gasteiger partial charge on any atom is -0.394 e. The van der Waals surface area contributed by atoms with Crippen molar-refractivity contribution in [2.45, 2.75) is 304 Å². The minimum absolute atomic E-state index is 0.244. The molecule has 12 N–H and O–H groups in total. The Kier molecular flexibility index (Phi) is 34.7. The predicted octanol–water partition coefficient (Wildman–Crippen LogP) is 3.65. The van der Waals surface area contributed by atoms with E-state index in [4.69, 9.17) is 28.4 Å². The summed E-state index contributed by atoms with van der Waals surface area (Å²) in [7, 11) is 0. The van der Waals surface area contributed by atoms with E-state index in [2.05, 4.69) is 12.2 Å². The van der Waals surface area contributed by atoms with Crippen LogP contribution >= 0.6 is 0 Å². The molecule has 19 heteroatoms. The number of aliphatic hydroxyl groups excluding tert-OH is 11. The van der Waals surface area contributed by atoms with Crippen molar-refractivity contribution in [2.75, 3.05) is 26.4 Å². The van der Waals surface area contributed by atoms with E-state index in [-0.39, 0.29) is 18.9 Å². The van der Waals surface area contributed by atoms with Gasteiger partial charge in [0, 0.05) is 6.42 Å². The molecule has 3 fully saturated rings. The Labute approximate surface area is 430 Å². The van der Waals surface area contributed by atoms with E-state index in [1.54, 1.807) is 0 Å². The van der Waals surface area contributed by atoms with Gasteiger partial charge in [0.2, 0.25) is 5.91 Å². The van der Waals surface area contributed by atoms with Gasteiger partial charge in [0.1, 0.15) is 73.2 Å². The molecule has 3 aliphatic heterocycles. The van der Waals surface area contributed by atoms with Gasteiger partial charge in [-0.25, -0.2) is 0 Å². The number of unbranched alkanes of at least 4 members (excludes halogenated alkanes) is 25. The number of ether oxygens (including phenoxy) is 6. The van der Waals surface area contributed by atoms with Crippen molar-refractivity contribution in [1.82, 2.24) is 5.32 Å². The van der Waals surface area contributed by atoms with Gasteiger partial charge in [-0.1, -0.05) is 181 Å². The first-order valence-electron chi connectivity index (χ1n) is 28.3. The summed E-state index contributed by atoms with van der Waals surface area (Å²) < 4.78 is 34.0. The van der Waals surface area contributed by atoms with Gasteiger partial charge >= 0.3 is 0 Å². The van der Waals surface area contributed by atoms with E-state index >= 15 is 0 Å². The second kappa shape index (κ2) is 38.4. The average molecular weight is 1040 g/mol. The summed E-state index contributed by atoms with van der Waals surface area (Å²) in [6, 6.07) is -0.876. The molecule has 0 spiro atoms. The molecule has 0 aliphatic carbocycles. The molecular weight excluding hydrogens is 939 g/mol. The van der Waals surface area contributed by atoms with Gasteiger partial charge in [-0.15, -0.1) is 0 Å². The zero-order chi connectivity index (χ0) is 52.7.